The number of carbonyl (C=O) groups is 2. The predicted octanol–water partition coefficient (Wildman–Crippen LogP) is 3.94. The van der Waals surface area contributed by atoms with Gasteiger partial charge in [0.15, 0.2) is 0 Å². The Hall–Kier alpha value is -1.75. The lowest BCUT2D eigenvalue weighted by Crippen LogP contribution is -2.43. The Balaban J connectivity index is 1.52. The molecular formula is C19H25ClN2O3. The summed E-state index contributed by atoms with van der Waals surface area (Å²) in [6, 6.07) is 5.45. The van der Waals surface area contributed by atoms with Crippen molar-refractivity contribution < 1.29 is 14.3 Å². The minimum absolute atomic E-state index is 0.0845. The molecule has 3 rings (SSSR count). The molecular weight excluding hydrogens is 340 g/mol. The fourth-order valence-electron chi connectivity index (χ4n) is 3.43. The molecule has 2 aliphatic rings. The van der Waals surface area contributed by atoms with Crippen LogP contribution in [0.1, 0.15) is 49.5 Å². The van der Waals surface area contributed by atoms with Crippen LogP contribution in [0.4, 0.5) is 4.79 Å². The third-order valence-corrected chi connectivity index (χ3v) is 4.93. The lowest BCUT2D eigenvalue weighted by atomic mass is 9.96. The number of rotatable bonds is 2. The molecule has 2 aliphatic heterocycles. The van der Waals surface area contributed by atoms with Crippen LogP contribution >= 0.6 is 11.6 Å². The van der Waals surface area contributed by atoms with Crippen molar-refractivity contribution in [3.63, 3.8) is 0 Å². The van der Waals surface area contributed by atoms with Crippen LogP contribution in [-0.4, -0.2) is 47.0 Å². The standard InChI is InChI=1S/C19H25ClN2O3/c1-19(2,3)25-18(24)21-8-6-13(7-9-21)11-22-12-14-10-15(20)4-5-16(14)17(22)23/h4-5,10,13H,6-9,11-12H2,1-3H3. The maximum absolute atomic E-state index is 12.5. The molecule has 5 nitrogen and oxygen atoms in total. The quantitative estimate of drug-likeness (QED) is 0.798. The first kappa shape index (κ1) is 18.1. The van der Waals surface area contributed by atoms with Crippen LogP contribution in [0, 0.1) is 5.92 Å². The van der Waals surface area contributed by atoms with Gasteiger partial charge in [-0.1, -0.05) is 11.6 Å². The van der Waals surface area contributed by atoms with E-state index >= 15 is 0 Å². The molecule has 0 N–H and O–H groups in total. The Morgan fingerprint density at radius 1 is 1.28 bits per heavy atom. The fraction of sp³-hybridized carbons (Fsp3) is 0.579. The van der Waals surface area contributed by atoms with Crippen molar-refractivity contribution in [1.82, 2.24) is 9.80 Å². The predicted molar refractivity (Wildman–Crippen MR) is 96.7 cm³/mol. The number of benzene rings is 1. The number of hydrogen-bond acceptors (Lipinski definition) is 3. The van der Waals surface area contributed by atoms with Crippen LogP contribution in [0.2, 0.25) is 5.02 Å². The van der Waals surface area contributed by atoms with E-state index in [0.717, 1.165) is 30.5 Å². The van der Waals surface area contributed by atoms with Crippen molar-refractivity contribution >= 4 is 23.6 Å². The second-order valence-electron chi connectivity index (χ2n) is 7.90. The summed E-state index contributed by atoms with van der Waals surface area (Å²) in [4.78, 5) is 28.3. The lowest BCUT2D eigenvalue weighted by molar-refractivity contribution is 0.0167. The molecule has 2 amide bonds. The zero-order valence-corrected chi connectivity index (χ0v) is 15.8. The third-order valence-electron chi connectivity index (χ3n) is 4.69. The molecule has 2 heterocycles. The van der Waals surface area contributed by atoms with Crippen molar-refractivity contribution in [2.24, 2.45) is 5.92 Å². The Morgan fingerprint density at radius 2 is 1.96 bits per heavy atom. The number of piperidine rings is 1. The molecule has 1 aromatic rings. The van der Waals surface area contributed by atoms with Crippen LogP contribution in [0.25, 0.3) is 0 Å². The van der Waals surface area contributed by atoms with Crippen molar-refractivity contribution in [3.05, 3.63) is 34.3 Å². The summed E-state index contributed by atoms with van der Waals surface area (Å²) in [6.45, 7) is 8.34. The Bertz CT molecular complexity index is 676. The number of ether oxygens (including phenoxy) is 1. The SMILES string of the molecule is CC(C)(C)OC(=O)N1CCC(CN2Cc3cc(Cl)ccc3C2=O)CC1. The van der Waals surface area contributed by atoms with Gasteiger partial charge in [-0.05, 0) is 63.3 Å². The first-order valence-electron chi connectivity index (χ1n) is 8.78. The molecule has 0 spiro atoms. The van der Waals surface area contributed by atoms with Gasteiger partial charge in [0.2, 0.25) is 0 Å². The summed E-state index contributed by atoms with van der Waals surface area (Å²) in [5.74, 6) is 0.494. The number of halogens is 1. The maximum Gasteiger partial charge on any atom is 0.410 e. The number of nitrogens with zero attached hydrogens (tertiary/aromatic N) is 2. The molecule has 1 fully saturated rings. The van der Waals surface area contributed by atoms with E-state index in [2.05, 4.69) is 0 Å². The van der Waals surface area contributed by atoms with Crippen molar-refractivity contribution in [2.45, 2.75) is 45.8 Å². The van der Waals surface area contributed by atoms with Crippen molar-refractivity contribution in [3.8, 4) is 0 Å². The average Bonchev–Trinajstić information content (AvgIpc) is 2.82. The first-order chi connectivity index (χ1) is 11.7. The van der Waals surface area contributed by atoms with Crippen molar-refractivity contribution in [1.29, 1.82) is 0 Å². The number of fused-ring (bicyclic) bond motifs is 1. The highest BCUT2D eigenvalue weighted by molar-refractivity contribution is 6.30. The van der Waals surface area contributed by atoms with E-state index in [9.17, 15) is 9.59 Å². The summed E-state index contributed by atoms with van der Waals surface area (Å²) in [6.07, 6.45) is 1.53. The normalized spacial score (nSPS) is 18.5. The minimum atomic E-state index is -0.469. The van der Waals surface area contributed by atoms with E-state index in [-0.39, 0.29) is 12.0 Å². The molecule has 0 aliphatic carbocycles. The van der Waals surface area contributed by atoms with Gasteiger partial charge in [0.25, 0.3) is 5.91 Å². The van der Waals surface area contributed by atoms with Gasteiger partial charge in [0.1, 0.15) is 5.60 Å². The summed E-state index contributed by atoms with van der Waals surface area (Å²) < 4.78 is 5.43. The summed E-state index contributed by atoms with van der Waals surface area (Å²) >= 11 is 6.02. The van der Waals surface area contributed by atoms with E-state index < -0.39 is 5.60 Å². The number of amides is 2. The van der Waals surface area contributed by atoms with Gasteiger partial charge in [-0.2, -0.15) is 0 Å². The van der Waals surface area contributed by atoms with E-state index in [0.29, 0.717) is 30.6 Å². The molecule has 0 atom stereocenters. The summed E-state index contributed by atoms with van der Waals surface area (Å²) in [5.41, 5.74) is 1.29. The van der Waals surface area contributed by atoms with Crippen LogP contribution in [0.3, 0.4) is 0 Å². The van der Waals surface area contributed by atoms with Crippen LogP contribution in [0.15, 0.2) is 18.2 Å². The number of carbonyl (C=O) groups excluding carboxylic acids is 2. The maximum atomic E-state index is 12.5. The van der Waals surface area contributed by atoms with Crippen LogP contribution in [0.5, 0.6) is 0 Å². The van der Waals surface area contributed by atoms with E-state index in [1.807, 2.05) is 37.8 Å². The molecule has 1 saturated heterocycles. The second-order valence-corrected chi connectivity index (χ2v) is 8.33. The second kappa shape index (κ2) is 6.87. The van der Waals surface area contributed by atoms with Crippen molar-refractivity contribution in [2.75, 3.05) is 19.6 Å². The highest BCUT2D eigenvalue weighted by atomic mass is 35.5. The highest BCUT2D eigenvalue weighted by Crippen LogP contribution is 2.28. The van der Waals surface area contributed by atoms with Gasteiger partial charge < -0.3 is 14.5 Å². The molecule has 0 radical (unpaired) electrons. The Labute approximate surface area is 153 Å². The van der Waals surface area contributed by atoms with Gasteiger partial charge in [0.05, 0.1) is 0 Å². The third kappa shape index (κ3) is 4.27. The largest absolute Gasteiger partial charge is 0.444 e. The highest BCUT2D eigenvalue weighted by Gasteiger charge is 2.32. The Morgan fingerprint density at radius 3 is 2.60 bits per heavy atom. The smallest absolute Gasteiger partial charge is 0.410 e. The van der Waals surface area contributed by atoms with E-state index in [4.69, 9.17) is 16.3 Å². The summed E-state index contributed by atoms with van der Waals surface area (Å²) in [5, 5.41) is 0.666. The molecule has 136 valence electrons. The van der Waals surface area contributed by atoms with E-state index in [1.54, 1.807) is 11.0 Å². The monoisotopic (exact) mass is 364 g/mol. The molecule has 0 saturated carbocycles. The number of likely N-dealkylation sites (tertiary alicyclic amines) is 1. The molecule has 0 bridgehead atoms. The van der Waals surface area contributed by atoms with Gasteiger partial charge in [0, 0.05) is 36.8 Å². The molecule has 25 heavy (non-hydrogen) atoms. The van der Waals surface area contributed by atoms with Gasteiger partial charge in [-0.25, -0.2) is 4.79 Å². The zero-order valence-electron chi connectivity index (χ0n) is 15.0. The molecule has 6 heteroatoms. The topological polar surface area (TPSA) is 49.9 Å². The first-order valence-corrected chi connectivity index (χ1v) is 9.16. The summed E-state index contributed by atoms with van der Waals surface area (Å²) in [7, 11) is 0. The van der Waals surface area contributed by atoms with Gasteiger partial charge in [-0.15, -0.1) is 0 Å². The van der Waals surface area contributed by atoms with Crippen LogP contribution < -0.4 is 0 Å². The lowest BCUT2D eigenvalue weighted by Gasteiger charge is -2.34. The number of hydrogen-bond donors (Lipinski definition) is 0. The zero-order chi connectivity index (χ0) is 18.2. The molecule has 0 aromatic heterocycles. The molecule has 1 aromatic carbocycles. The fourth-order valence-corrected chi connectivity index (χ4v) is 3.63. The molecule has 0 unspecified atom stereocenters. The van der Waals surface area contributed by atoms with Gasteiger partial charge in [-0.3, -0.25) is 4.79 Å². The minimum Gasteiger partial charge on any atom is -0.444 e. The Kier molecular flexibility index (Phi) is 4.96. The van der Waals surface area contributed by atoms with Crippen LogP contribution in [-0.2, 0) is 11.3 Å². The van der Waals surface area contributed by atoms with E-state index in [1.165, 1.54) is 0 Å². The average molecular weight is 365 g/mol. The van der Waals surface area contributed by atoms with Gasteiger partial charge >= 0.3 is 6.09 Å².